The Kier molecular flexibility index (Phi) is 6.70. The maximum atomic E-state index is 6.07. The lowest BCUT2D eigenvalue weighted by molar-refractivity contribution is 0.376. The Bertz CT molecular complexity index is 936. The zero-order valence-electron chi connectivity index (χ0n) is 15.1. The molecule has 0 fully saturated rings. The zero-order valence-corrected chi connectivity index (χ0v) is 16.2. The summed E-state index contributed by atoms with van der Waals surface area (Å²) in [5.74, 6) is 3.30. The van der Waals surface area contributed by atoms with Crippen molar-refractivity contribution in [2.45, 2.75) is 0 Å². The number of ether oxygens (including phenoxy) is 3. The van der Waals surface area contributed by atoms with Gasteiger partial charge < -0.3 is 14.2 Å². The maximum absolute atomic E-state index is 6.07. The van der Waals surface area contributed by atoms with E-state index in [0.717, 1.165) is 0 Å². The standard InChI is InChI=1S/C23H17NO3.Al/c1-4-10-18(11-5-1)25-21-16-17-24-23(27-20-14-8-3-9-15-20)22(21)26-19-12-6-2-7-13-19;/h1-17H;. The van der Waals surface area contributed by atoms with Gasteiger partial charge in [0.2, 0.25) is 5.75 Å². The molecule has 4 aromatic rings. The third-order valence-corrected chi connectivity index (χ3v) is 3.73. The Balaban J connectivity index is 0.00000225. The molecule has 0 atom stereocenters. The first-order valence-corrected chi connectivity index (χ1v) is 8.56. The Labute approximate surface area is 174 Å². The summed E-state index contributed by atoms with van der Waals surface area (Å²) in [6, 6.07) is 30.2. The van der Waals surface area contributed by atoms with Gasteiger partial charge in [0.05, 0.1) is 0 Å². The lowest BCUT2D eigenvalue weighted by atomic mass is 10.3. The van der Waals surface area contributed by atoms with Crippen LogP contribution in [-0.2, 0) is 0 Å². The van der Waals surface area contributed by atoms with Gasteiger partial charge in [-0.1, -0.05) is 54.6 Å². The molecule has 3 aromatic carbocycles. The molecule has 0 saturated heterocycles. The number of nitrogens with zero attached hydrogens (tertiary/aromatic N) is 1. The number of benzene rings is 3. The number of para-hydroxylation sites is 3. The third-order valence-electron chi connectivity index (χ3n) is 3.73. The maximum Gasteiger partial charge on any atom is 0.267 e. The topological polar surface area (TPSA) is 40.6 Å². The SMILES string of the molecule is [Al].c1ccc(Oc2ccnc(Oc3ccccc3)c2Oc2ccccc2)cc1. The summed E-state index contributed by atoms with van der Waals surface area (Å²) in [4.78, 5) is 4.35. The molecule has 0 aliphatic carbocycles. The third kappa shape index (κ3) is 4.92. The molecular formula is C23H17AlNO3. The Morgan fingerprint density at radius 3 is 1.50 bits per heavy atom. The van der Waals surface area contributed by atoms with Gasteiger partial charge in [-0.05, 0) is 36.4 Å². The van der Waals surface area contributed by atoms with Crippen LogP contribution in [0.4, 0.5) is 0 Å². The molecule has 0 saturated carbocycles. The van der Waals surface area contributed by atoms with Crippen molar-refractivity contribution >= 4 is 17.4 Å². The van der Waals surface area contributed by atoms with E-state index in [1.807, 2.05) is 91.0 Å². The highest BCUT2D eigenvalue weighted by molar-refractivity contribution is 5.75. The molecule has 0 aliphatic heterocycles. The molecule has 0 unspecified atom stereocenters. The van der Waals surface area contributed by atoms with E-state index in [-0.39, 0.29) is 17.4 Å². The van der Waals surface area contributed by atoms with Crippen LogP contribution < -0.4 is 14.2 Å². The van der Waals surface area contributed by atoms with Crippen LogP contribution in [0.5, 0.6) is 34.6 Å². The molecular weight excluding hydrogens is 365 g/mol. The number of aromatic nitrogens is 1. The summed E-state index contributed by atoms with van der Waals surface area (Å²) in [5.41, 5.74) is 0. The summed E-state index contributed by atoms with van der Waals surface area (Å²) in [7, 11) is 0. The molecule has 0 spiro atoms. The van der Waals surface area contributed by atoms with Crippen LogP contribution in [0.25, 0.3) is 0 Å². The summed E-state index contributed by atoms with van der Waals surface area (Å²) < 4.78 is 18.0. The van der Waals surface area contributed by atoms with Crippen LogP contribution in [0.15, 0.2) is 103 Å². The van der Waals surface area contributed by atoms with Gasteiger partial charge in [-0.3, -0.25) is 0 Å². The van der Waals surface area contributed by atoms with E-state index in [9.17, 15) is 0 Å². The fourth-order valence-electron chi connectivity index (χ4n) is 2.48. The minimum absolute atomic E-state index is 0. The van der Waals surface area contributed by atoms with E-state index in [2.05, 4.69) is 4.98 Å². The summed E-state index contributed by atoms with van der Waals surface area (Å²) in [5, 5.41) is 0. The first-order chi connectivity index (χ1) is 13.4. The van der Waals surface area contributed by atoms with Gasteiger partial charge in [0.15, 0.2) is 5.75 Å². The molecule has 1 heterocycles. The molecule has 1 aromatic heterocycles. The molecule has 28 heavy (non-hydrogen) atoms. The second-order valence-electron chi connectivity index (χ2n) is 5.69. The van der Waals surface area contributed by atoms with Crippen molar-refractivity contribution in [3.63, 3.8) is 0 Å². The highest BCUT2D eigenvalue weighted by Crippen LogP contribution is 2.42. The van der Waals surface area contributed by atoms with E-state index in [1.165, 1.54) is 0 Å². The van der Waals surface area contributed by atoms with Gasteiger partial charge in [0.25, 0.3) is 5.88 Å². The van der Waals surface area contributed by atoms with Crippen LogP contribution >= 0.6 is 0 Å². The van der Waals surface area contributed by atoms with Gasteiger partial charge in [-0.2, -0.15) is 0 Å². The normalized spacial score (nSPS) is 9.86. The van der Waals surface area contributed by atoms with E-state index in [1.54, 1.807) is 12.3 Å². The Morgan fingerprint density at radius 2 is 0.964 bits per heavy atom. The highest BCUT2D eigenvalue weighted by atomic mass is 27.0. The van der Waals surface area contributed by atoms with E-state index >= 15 is 0 Å². The minimum atomic E-state index is 0. The first kappa shape index (κ1) is 19.5. The predicted molar refractivity (Wildman–Crippen MR) is 110 cm³/mol. The van der Waals surface area contributed by atoms with Gasteiger partial charge in [0.1, 0.15) is 17.2 Å². The molecule has 0 amide bonds. The molecule has 4 rings (SSSR count). The average molecular weight is 382 g/mol. The molecule has 3 radical (unpaired) electrons. The summed E-state index contributed by atoms with van der Waals surface area (Å²) >= 11 is 0. The van der Waals surface area contributed by atoms with Gasteiger partial charge in [0, 0.05) is 29.6 Å². The van der Waals surface area contributed by atoms with E-state index in [4.69, 9.17) is 14.2 Å². The van der Waals surface area contributed by atoms with Crippen LogP contribution in [0, 0.1) is 0 Å². The predicted octanol–water partition coefficient (Wildman–Crippen LogP) is 6.08. The second-order valence-corrected chi connectivity index (χ2v) is 5.69. The fraction of sp³-hybridized carbons (Fsp3) is 0. The van der Waals surface area contributed by atoms with Gasteiger partial charge in [-0.25, -0.2) is 4.98 Å². The van der Waals surface area contributed by atoms with Gasteiger partial charge in [-0.15, -0.1) is 0 Å². The molecule has 0 aliphatic rings. The van der Waals surface area contributed by atoms with Crippen molar-refractivity contribution < 1.29 is 14.2 Å². The average Bonchev–Trinajstić information content (AvgIpc) is 2.73. The van der Waals surface area contributed by atoms with E-state index in [0.29, 0.717) is 34.6 Å². The summed E-state index contributed by atoms with van der Waals surface area (Å²) in [6.45, 7) is 0. The fourth-order valence-corrected chi connectivity index (χ4v) is 2.48. The Hall–Kier alpha value is -3.26. The summed E-state index contributed by atoms with van der Waals surface area (Å²) in [6.07, 6.45) is 1.63. The number of pyridine rings is 1. The quantitative estimate of drug-likeness (QED) is 0.379. The first-order valence-electron chi connectivity index (χ1n) is 8.56. The molecule has 0 N–H and O–H groups in total. The molecule has 135 valence electrons. The van der Waals surface area contributed by atoms with Crippen LogP contribution in [0.3, 0.4) is 0 Å². The van der Waals surface area contributed by atoms with Crippen molar-refractivity contribution in [3.05, 3.63) is 103 Å². The van der Waals surface area contributed by atoms with Crippen molar-refractivity contribution in [1.82, 2.24) is 4.98 Å². The molecule has 5 heteroatoms. The number of hydrogen-bond acceptors (Lipinski definition) is 4. The van der Waals surface area contributed by atoms with E-state index < -0.39 is 0 Å². The monoisotopic (exact) mass is 382 g/mol. The second kappa shape index (κ2) is 9.61. The number of hydrogen-bond donors (Lipinski definition) is 0. The smallest absolute Gasteiger partial charge is 0.267 e. The number of rotatable bonds is 6. The van der Waals surface area contributed by atoms with Crippen molar-refractivity contribution in [3.8, 4) is 34.6 Å². The van der Waals surface area contributed by atoms with Crippen molar-refractivity contribution in [2.24, 2.45) is 0 Å². The lowest BCUT2D eigenvalue weighted by Crippen LogP contribution is -1.96. The van der Waals surface area contributed by atoms with Crippen LogP contribution in [0.2, 0.25) is 0 Å². The largest absolute Gasteiger partial charge is 0.453 e. The Morgan fingerprint density at radius 1 is 0.500 bits per heavy atom. The van der Waals surface area contributed by atoms with Gasteiger partial charge >= 0.3 is 0 Å². The van der Waals surface area contributed by atoms with Crippen molar-refractivity contribution in [2.75, 3.05) is 0 Å². The van der Waals surface area contributed by atoms with Crippen LogP contribution in [0.1, 0.15) is 0 Å². The zero-order chi connectivity index (χ0) is 18.3. The molecule has 0 bridgehead atoms. The van der Waals surface area contributed by atoms with Crippen molar-refractivity contribution in [1.29, 1.82) is 0 Å². The molecule has 4 nitrogen and oxygen atoms in total. The minimum Gasteiger partial charge on any atom is -0.453 e. The van der Waals surface area contributed by atoms with Crippen LogP contribution in [-0.4, -0.2) is 22.3 Å². The lowest BCUT2D eigenvalue weighted by Gasteiger charge is -2.15. The highest BCUT2D eigenvalue weighted by Gasteiger charge is 2.17.